The van der Waals surface area contributed by atoms with Crippen LogP contribution in [0.25, 0.3) is 5.65 Å². The molecular weight excluding hydrogens is 186 g/mol. The fraction of sp³-hybridized carbons (Fsp3) is 0.500. The average molecular weight is 207 g/mol. The van der Waals surface area contributed by atoms with Gasteiger partial charge in [0.1, 0.15) is 0 Å². The Bertz CT molecular complexity index is 391. The fourth-order valence-electron chi connectivity index (χ4n) is 1.11. The van der Waals surface area contributed by atoms with Crippen LogP contribution in [0.3, 0.4) is 0 Å². The third-order valence-corrected chi connectivity index (χ3v) is 1.85. The molecule has 0 saturated carbocycles. The quantitative estimate of drug-likeness (QED) is 0.662. The normalized spacial score (nSPS) is 8.67. The van der Waals surface area contributed by atoms with Crippen molar-refractivity contribution < 1.29 is 0 Å². The minimum atomic E-state index is 0.919. The molecule has 15 heavy (non-hydrogen) atoms. The Morgan fingerprint density at radius 2 is 1.67 bits per heavy atom. The first-order chi connectivity index (χ1) is 7.29. The van der Waals surface area contributed by atoms with E-state index in [0.717, 1.165) is 17.0 Å². The molecule has 2 rings (SSSR count). The lowest BCUT2D eigenvalue weighted by atomic mass is 10.4. The van der Waals surface area contributed by atoms with E-state index < -0.39 is 0 Å². The second-order valence-electron chi connectivity index (χ2n) is 2.58. The van der Waals surface area contributed by atoms with Crippen LogP contribution in [0.4, 0.5) is 0 Å². The van der Waals surface area contributed by atoms with Crippen LogP contribution < -0.4 is 0 Å². The van der Waals surface area contributed by atoms with E-state index in [1.807, 2.05) is 58.2 Å². The third kappa shape index (κ3) is 3.05. The molecule has 0 aliphatic rings. The first-order valence-electron chi connectivity index (χ1n) is 5.56. The molecule has 2 aromatic rings. The van der Waals surface area contributed by atoms with Crippen molar-refractivity contribution in [1.29, 1.82) is 0 Å². The van der Waals surface area contributed by atoms with Crippen molar-refractivity contribution in [2.45, 2.75) is 41.5 Å². The van der Waals surface area contributed by atoms with Crippen LogP contribution in [0, 0.1) is 13.8 Å². The van der Waals surface area contributed by atoms with Gasteiger partial charge in [-0.3, -0.25) is 0 Å². The summed E-state index contributed by atoms with van der Waals surface area (Å²) in [4.78, 5) is 4.31. The van der Waals surface area contributed by atoms with Gasteiger partial charge in [0.2, 0.25) is 0 Å². The number of rotatable bonds is 0. The van der Waals surface area contributed by atoms with Gasteiger partial charge in [-0.25, -0.2) is 9.50 Å². The van der Waals surface area contributed by atoms with E-state index in [-0.39, 0.29) is 0 Å². The molecule has 2 heterocycles. The smallest absolute Gasteiger partial charge is 0.154 e. The molecule has 0 bridgehead atoms. The molecule has 0 spiro atoms. The lowest BCUT2D eigenvalue weighted by molar-refractivity contribution is 0.895. The maximum atomic E-state index is 4.31. The summed E-state index contributed by atoms with van der Waals surface area (Å²) in [5.41, 5.74) is 3.08. The zero-order valence-electron chi connectivity index (χ0n) is 10.6. The van der Waals surface area contributed by atoms with Crippen LogP contribution in [0.1, 0.15) is 39.1 Å². The minimum absolute atomic E-state index is 0.919. The van der Waals surface area contributed by atoms with Crippen molar-refractivity contribution in [3.8, 4) is 0 Å². The number of imidazole rings is 1. The molecule has 84 valence electrons. The lowest BCUT2D eigenvalue weighted by Gasteiger charge is -1.91. The number of aryl methyl sites for hydroxylation is 2. The molecule has 0 aliphatic heterocycles. The van der Waals surface area contributed by atoms with Gasteiger partial charge in [-0.1, -0.05) is 27.7 Å². The predicted octanol–water partition coefficient (Wildman–Crippen LogP) is 3.40. The van der Waals surface area contributed by atoms with Crippen LogP contribution in [0.5, 0.6) is 0 Å². The highest BCUT2D eigenvalue weighted by Gasteiger charge is 2.01. The SMILES string of the molecule is CC.CC.Cc1nc2cccnn2c1C. The Kier molecular flexibility index (Phi) is 6.34. The standard InChI is InChI=1S/C8H9N3.2C2H6/c1-6-7(2)11-8(10-6)4-3-5-9-11;2*1-2/h3-5H,1-2H3;2*1-2H3. The summed E-state index contributed by atoms with van der Waals surface area (Å²) in [6.45, 7) is 12.0. The monoisotopic (exact) mass is 207 g/mol. The van der Waals surface area contributed by atoms with Crippen molar-refractivity contribution in [3.63, 3.8) is 0 Å². The molecule has 2 aromatic heterocycles. The van der Waals surface area contributed by atoms with Crippen molar-refractivity contribution in [1.82, 2.24) is 14.6 Å². The highest BCUT2D eigenvalue weighted by atomic mass is 15.3. The van der Waals surface area contributed by atoms with E-state index in [1.54, 1.807) is 6.20 Å². The van der Waals surface area contributed by atoms with Crippen LogP contribution in [-0.2, 0) is 0 Å². The van der Waals surface area contributed by atoms with Gasteiger partial charge in [0.15, 0.2) is 5.65 Å². The van der Waals surface area contributed by atoms with E-state index >= 15 is 0 Å². The molecule has 0 saturated heterocycles. The molecular formula is C12H21N3. The van der Waals surface area contributed by atoms with E-state index in [1.165, 1.54) is 0 Å². The largest absolute Gasteiger partial charge is 0.232 e. The molecule has 0 unspecified atom stereocenters. The average Bonchev–Trinajstić information content (AvgIpc) is 2.61. The summed E-state index contributed by atoms with van der Waals surface area (Å²) in [5.74, 6) is 0. The minimum Gasteiger partial charge on any atom is -0.232 e. The zero-order valence-corrected chi connectivity index (χ0v) is 10.6. The Balaban J connectivity index is 0.000000442. The van der Waals surface area contributed by atoms with Crippen molar-refractivity contribution in [3.05, 3.63) is 29.7 Å². The number of hydrogen-bond acceptors (Lipinski definition) is 2. The summed E-state index contributed by atoms with van der Waals surface area (Å²) in [5, 5.41) is 4.16. The number of nitrogens with zero attached hydrogens (tertiary/aromatic N) is 3. The van der Waals surface area contributed by atoms with Crippen LogP contribution in [0.2, 0.25) is 0 Å². The number of aromatic nitrogens is 3. The molecule has 0 amide bonds. The maximum Gasteiger partial charge on any atom is 0.154 e. The molecule has 0 aliphatic carbocycles. The number of hydrogen-bond donors (Lipinski definition) is 0. The van der Waals surface area contributed by atoms with Crippen LogP contribution in [-0.4, -0.2) is 14.6 Å². The summed E-state index contributed by atoms with van der Waals surface area (Å²) in [6.07, 6.45) is 1.76. The lowest BCUT2D eigenvalue weighted by Crippen LogP contribution is -1.91. The first-order valence-corrected chi connectivity index (χ1v) is 5.56. The van der Waals surface area contributed by atoms with Gasteiger partial charge < -0.3 is 0 Å². The molecule has 3 nitrogen and oxygen atoms in total. The van der Waals surface area contributed by atoms with Crippen molar-refractivity contribution in [2.75, 3.05) is 0 Å². The van der Waals surface area contributed by atoms with Gasteiger partial charge in [-0.05, 0) is 26.0 Å². The van der Waals surface area contributed by atoms with Gasteiger partial charge in [-0.15, -0.1) is 0 Å². The van der Waals surface area contributed by atoms with Crippen molar-refractivity contribution in [2.24, 2.45) is 0 Å². The topological polar surface area (TPSA) is 30.2 Å². The highest BCUT2D eigenvalue weighted by Crippen LogP contribution is 2.07. The molecule has 0 fully saturated rings. The molecule has 3 heteroatoms. The summed E-state index contributed by atoms with van der Waals surface area (Å²) >= 11 is 0. The Labute approximate surface area is 92.2 Å². The molecule has 0 radical (unpaired) electrons. The second-order valence-corrected chi connectivity index (χ2v) is 2.58. The molecule has 0 aromatic carbocycles. The van der Waals surface area contributed by atoms with Crippen LogP contribution >= 0.6 is 0 Å². The summed E-state index contributed by atoms with van der Waals surface area (Å²) < 4.78 is 1.84. The predicted molar refractivity (Wildman–Crippen MR) is 65.2 cm³/mol. The second kappa shape index (κ2) is 6.98. The van der Waals surface area contributed by atoms with Gasteiger partial charge in [0, 0.05) is 6.20 Å². The van der Waals surface area contributed by atoms with E-state index in [0.29, 0.717) is 0 Å². The van der Waals surface area contributed by atoms with Gasteiger partial charge >= 0.3 is 0 Å². The molecule has 0 atom stereocenters. The van der Waals surface area contributed by atoms with Gasteiger partial charge in [0.25, 0.3) is 0 Å². The Morgan fingerprint density at radius 3 is 2.20 bits per heavy atom. The molecule has 0 N–H and O–H groups in total. The maximum absolute atomic E-state index is 4.31. The van der Waals surface area contributed by atoms with Gasteiger partial charge in [0.05, 0.1) is 11.4 Å². The Hall–Kier alpha value is -1.38. The van der Waals surface area contributed by atoms with E-state index in [4.69, 9.17) is 0 Å². The Morgan fingerprint density at radius 1 is 1.07 bits per heavy atom. The first kappa shape index (κ1) is 13.6. The fourth-order valence-corrected chi connectivity index (χ4v) is 1.11. The van der Waals surface area contributed by atoms with E-state index in [9.17, 15) is 0 Å². The van der Waals surface area contributed by atoms with Gasteiger partial charge in [-0.2, -0.15) is 5.10 Å². The summed E-state index contributed by atoms with van der Waals surface area (Å²) in [6, 6.07) is 3.84. The highest BCUT2D eigenvalue weighted by molar-refractivity contribution is 5.40. The zero-order chi connectivity index (χ0) is 11.8. The van der Waals surface area contributed by atoms with Crippen LogP contribution in [0.15, 0.2) is 18.3 Å². The van der Waals surface area contributed by atoms with Crippen molar-refractivity contribution >= 4 is 5.65 Å². The van der Waals surface area contributed by atoms with E-state index in [2.05, 4.69) is 10.1 Å². The number of fused-ring (bicyclic) bond motifs is 1. The summed E-state index contributed by atoms with van der Waals surface area (Å²) in [7, 11) is 0. The third-order valence-electron chi connectivity index (χ3n) is 1.85.